The number of rotatable bonds is 11. The fourth-order valence-electron chi connectivity index (χ4n) is 4.82. The normalized spacial score (nSPS) is 14.3. The van der Waals surface area contributed by atoms with Gasteiger partial charge in [-0.05, 0) is 86.0 Å². The number of hydrogen-bond acceptors (Lipinski definition) is 5. The molecule has 1 aliphatic rings. The third-order valence-corrected chi connectivity index (χ3v) is 9.64. The summed E-state index contributed by atoms with van der Waals surface area (Å²) in [5.41, 5.74) is 0.606. The molecule has 0 saturated heterocycles. The topological polar surface area (TPSA) is 96.0 Å². The van der Waals surface area contributed by atoms with Gasteiger partial charge in [-0.2, -0.15) is 0 Å². The molecule has 0 aliphatic heterocycles. The summed E-state index contributed by atoms with van der Waals surface area (Å²) in [6, 6.07) is 14.3. The minimum Gasteiger partial charge on any atom is -0.497 e. The number of anilines is 1. The van der Waals surface area contributed by atoms with Crippen molar-refractivity contribution in [1.82, 2.24) is 10.2 Å². The highest BCUT2D eigenvalue weighted by Gasteiger charge is 2.33. The van der Waals surface area contributed by atoms with Crippen molar-refractivity contribution < 1.29 is 27.1 Å². The predicted octanol–water partition coefficient (Wildman–Crippen LogP) is 5.81. The van der Waals surface area contributed by atoms with Crippen molar-refractivity contribution in [1.29, 1.82) is 0 Å². The first-order chi connectivity index (χ1) is 20.0. The zero-order valence-corrected chi connectivity index (χ0v) is 25.6. The van der Waals surface area contributed by atoms with Crippen LogP contribution in [0.1, 0.15) is 38.2 Å². The summed E-state index contributed by atoms with van der Waals surface area (Å²) in [6.45, 7) is 0.854. The third-order valence-electron chi connectivity index (χ3n) is 7.27. The number of sulfonamides is 1. The van der Waals surface area contributed by atoms with Gasteiger partial charge in [-0.25, -0.2) is 12.8 Å². The summed E-state index contributed by atoms with van der Waals surface area (Å²) in [7, 11) is -2.85. The highest BCUT2D eigenvalue weighted by molar-refractivity contribution is 7.92. The van der Waals surface area contributed by atoms with Crippen LogP contribution in [0.5, 0.6) is 5.75 Å². The maximum absolute atomic E-state index is 14.0. The minimum atomic E-state index is -4.31. The molecule has 1 unspecified atom stereocenters. The molecular weight excluding hydrogens is 604 g/mol. The standard InChI is InChI=1S/C30H32Cl2FN3O5S/c1-20(30(38)34-24-5-3-4-6-24)35(18-21-7-8-22(31)17-28(21)32)29(37)19-36(25-11-9-23(33)10-12-25)42(39,40)27-15-13-26(41-2)14-16-27/h7-17,20,24H,3-6,18-19H2,1-2H3,(H,34,38). The molecule has 3 aromatic carbocycles. The van der Waals surface area contributed by atoms with Crippen molar-refractivity contribution in [3.05, 3.63) is 88.2 Å². The van der Waals surface area contributed by atoms with Crippen molar-refractivity contribution in [2.45, 2.75) is 56.1 Å². The van der Waals surface area contributed by atoms with E-state index in [-0.39, 0.29) is 29.1 Å². The van der Waals surface area contributed by atoms with Crippen LogP contribution in [0.15, 0.2) is 71.6 Å². The molecule has 0 heterocycles. The van der Waals surface area contributed by atoms with Gasteiger partial charge < -0.3 is 15.0 Å². The predicted molar refractivity (Wildman–Crippen MR) is 161 cm³/mol. The van der Waals surface area contributed by atoms with E-state index in [1.54, 1.807) is 19.1 Å². The number of nitrogens with one attached hydrogen (secondary N) is 1. The third kappa shape index (κ3) is 7.53. The maximum Gasteiger partial charge on any atom is 0.264 e. The quantitative estimate of drug-likeness (QED) is 0.287. The molecule has 1 aliphatic carbocycles. The summed E-state index contributed by atoms with van der Waals surface area (Å²) < 4.78 is 47.6. The van der Waals surface area contributed by atoms with Crippen LogP contribution in [0.3, 0.4) is 0 Å². The summed E-state index contributed by atoms with van der Waals surface area (Å²) in [5, 5.41) is 3.71. The molecule has 0 bridgehead atoms. The highest BCUT2D eigenvalue weighted by atomic mass is 35.5. The second-order valence-electron chi connectivity index (χ2n) is 10.1. The van der Waals surface area contributed by atoms with Gasteiger partial charge in [-0.3, -0.25) is 13.9 Å². The summed E-state index contributed by atoms with van der Waals surface area (Å²) >= 11 is 12.5. The van der Waals surface area contributed by atoms with Gasteiger partial charge in [0.1, 0.15) is 24.2 Å². The second-order valence-corrected chi connectivity index (χ2v) is 12.8. The van der Waals surface area contributed by atoms with E-state index in [1.165, 1.54) is 54.5 Å². The molecule has 3 aromatic rings. The van der Waals surface area contributed by atoms with Crippen LogP contribution >= 0.6 is 23.2 Å². The van der Waals surface area contributed by atoms with E-state index in [0.717, 1.165) is 42.1 Å². The van der Waals surface area contributed by atoms with E-state index < -0.39 is 34.3 Å². The Morgan fingerprint density at radius 1 is 1.02 bits per heavy atom. The van der Waals surface area contributed by atoms with Crippen molar-refractivity contribution in [2.75, 3.05) is 18.0 Å². The first-order valence-corrected chi connectivity index (χ1v) is 15.7. The van der Waals surface area contributed by atoms with Crippen molar-refractivity contribution in [3.63, 3.8) is 0 Å². The molecule has 8 nitrogen and oxygen atoms in total. The lowest BCUT2D eigenvalue weighted by molar-refractivity contribution is -0.139. The van der Waals surface area contributed by atoms with Gasteiger partial charge in [0.2, 0.25) is 11.8 Å². The first-order valence-electron chi connectivity index (χ1n) is 13.5. The van der Waals surface area contributed by atoms with Gasteiger partial charge in [-0.1, -0.05) is 42.1 Å². The van der Waals surface area contributed by atoms with E-state index in [1.807, 2.05) is 0 Å². The zero-order valence-electron chi connectivity index (χ0n) is 23.2. The number of ether oxygens (including phenoxy) is 1. The van der Waals surface area contributed by atoms with Gasteiger partial charge in [-0.15, -0.1) is 0 Å². The van der Waals surface area contributed by atoms with Gasteiger partial charge >= 0.3 is 0 Å². The Labute approximate surface area is 255 Å². The molecule has 224 valence electrons. The number of hydrogen-bond donors (Lipinski definition) is 1. The number of methoxy groups -OCH3 is 1. The molecule has 0 radical (unpaired) electrons. The minimum absolute atomic E-state index is 0.0159. The monoisotopic (exact) mass is 635 g/mol. The van der Waals surface area contributed by atoms with E-state index in [4.69, 9.17) is 27.9 Å². The zero-order chi connectivity index (χ0) is 30.4. The van der Waals surface area contributed by atoms with E-state index in [9.17, 15) is 22.4 Å². The Bertz CT molecular complexity index is 1510. The molecule has 0 spiro atoms. The van der Waals surface area contributed by atoms with E-state index in [0.29, 0.717) is 21.4 Å². The van der Waals surface area contributed by atoms with E-state index >= 15 is 0 Å². The van der Waals surface area contributed by atoms with Gasteiger partial charge in [0.15, 0.2) is 0 Å². The first kappa shape index (κ1) is 31.6. The Hall–Kier alpha value is -3.34. The fourth-order valence-corrected chi connectivity index (χ4v) is 6.70. The van der Waals surface area contributed by atoms with Crippen LogP contribution in [-0.4, -0.2) is 50.9 Å². The fraction of sp³-hybridized carbons (Fsp3) is 0.333. The molecule has 4 rings (SSSR count). The lowest BCUT2D eigenvalue weighted by Gasteiger charge is -2.32. The molecule has 42 heavy (non-hydrogen) atoms. The van der Waals surface area contributed by atoms with Crippen LogP contribution in [-0.2, 0) is 26.2 Å². The molecular formula is C30H32Cl2FN3O5S. The smallest absolute Gasteiger partial charge is 0.264 e. The number of nitrogens with zero attached hydrogens (tertiary/aromatic N) is 2. The molecule has 0 aromatic heterocycles. The Kier molecular flexibility index (Phi) is 10.3. The average Bonchev–Trinajstić information content (AvgIpc) is 3.48. The Morgan fingerprint density at radius 2 is 1.67 bits per heavy atom. The van der Waals surface area contributed by atoms with Crippen LogP contribution in [0.2, 0.25) is 10.0 Å². The van der Waals surface area contributed by atoms with Crippen molar-refractivity contribution in [2.24, 2.45) is 0 Å². The molecule has 1 fully saturated rings. The van der Waals surface area contributed by atoms with Crippen LogP contribution < -0.4 is 14.4 Å². The summed E-state index contributed by atoms with van der Waals surface area (Å²) in [6.07, 6.45) is 3.73. The highest BCUT2D eigenvalue weighted by Crippen LogP contribution is 2.28. The molecule has 1 N–H and O–H groups in total. The van der Waals surface area contributed by atoms with Crippen molar-refractivity contribution >= 4 is 50.7 Å². The van der Waals surface area contributed by atoms with Gasteiger partial charge in [0, 0.05) is 22.6 Å². The number of amides is 2. The van der Waals surface area contributed by atoms with Gasteiger partial charge in [0.05, 0.1) is 17.7 Å². The largest absolute Gasteiger partial charge is 0.497 e. The molecule has 2 amide bonds. The number of carbonyl (C=O) groups excluding carboxylic acids is 2. The van der Waals surface area contributed by atoms with Gasteiger partial charge in [0.25, 0.3) is 10.0 Å². The number of benzene rings is 3. The summed E-state index contributed by atoms with van der Waals surface area (Å²) in [5.74, 6) is -1.13. The molecule has 1 saturated carbocycles. The van der Waals surface area contributed by atoms with Crippen LogP contribution in [0.25, 0.3) is 0 Å². The SMILES string of the molecule is COc1ccc(S(=O)(=O)N(CC(=O)N(Cc2ccc(Cl)cc2Cl)C(C)C(=O)NC2CCCC2)c2ccc(F)cc2)cc1. The lowest BCUT2D eigenvalue weighted by atomic mass is 10.1. The van der Waals surface area contributed by atoms with Crippen LogP contribution in [0.4, 0.5) is 10.1 Å². The second kappa shape index (κ2) is 13.8. The van der Waals surface area contributed by atoms with Crippen molar-refractivity contribution in [3.8, 4) is 5.75 Å². The lowest BCUT2D eigenvalue weighted by Crippen LogP contribution is -2.52. The Morgan fingerprint density at radius 3 is 2.26 bits per heavy atom. The number of halogens is 3. The molecule has 12 heteroatoms. The maximum atomic E-state index is 14.0. The molecule has 1 atom stereocenters. The summed E-state index contributed by atoms with van der Waals surface area (Å²) in [4.78, 5) is 28.5. The van der Waals surface area contributed by atoms with E-state index in [2.05, 4.69) is 5.32 Å². The average molecular weight is 637 g/mol. The van der Waals surface area contributed by atoms with Crippen LogP contribution in [0, 0.1) is 5.82 Å². The number of carbonyl (C=O) groups is 2. The Balaban J connectivity index is 1.70.